The van der Waals surface area contributed by atoms with E-state index >= 15 is 0 Å². The van der Waals surface area contributed by atoms with Crippen LogP contribution < -0.4 is 0 Å². The van der Waals surface area contributed by atoms with E-state index in [0.29, 0.717) is 17.1 Å². The Hall–Kier alpha value is -2.37. The number of aromatic hydroxyl groups is 1. The number of hydrogen-bond donors (Lipinski definition) is 1. The fraction of sp³-hybridized carbons (Fsp3) is 0.417. The average Bonchev–Trinajstić information content (AvgIpc) is 3.35. The monoisotopic (exact) mass is 424 g/mol. The molecule has 1 aliphatic carbocycles. The number of nitrogens with zero attached hydrogens (tertiary/aromatic N) is 2. The summed E-state index contributed by atoms with van der Waals surface area (Å²) >= 11 is 6.18. The van der Waals surface area contributed by atoms with Gasteiger partial charge >= 0.3 is 0 Å². The first-order valence-corrected chi connectivity index (χ1v) is 11.1. The van der Waals surface area contributed by atoms with Gasteiger partial charge in [0.25, 0.3) is 0 Å². The molecule has 0 spiro atoms. The van der Waals surface area contributed by atoms with Crippen LogP contribution in [0.25, 0.3) is 0 Å². The second kappa shape index (κ2) is 7.71. The molecule has 1 N–H and O–H groups in total. The molecular weight excluding hydrogens is 400 g/mol. The highest BCUT2D eigenvalue weighted by atomic mass is 35.5. The van der Waals surface area contributed by atoms with Crippen LogP contribution in [0.2, 0.25) is 5.02 Å². The Morgan fingerprint density at radius 2 is 1.87 bits per heavy atom. The van der Waals surface area contributed by atoms with E-state index in [1.807, 2.05) is 11.0 Å². The lowest BCUT2D eigenvalue weighted by Gasteiger charge is -2.40. The highest BCUT2D eigenvalue weighted by Crippen LogP contribution is 2.40. The highest BCUT2D eigenvalue weighted by molar-refractivity contribution is 6.31. The van der Waals surface area contributed by atoms with Crippen LogP contribution in [-0.2, 0) is 11.2 Å². The van der Waals surface area contributed by atoms with Gasteiger partial charge in [0.15, 0.2) is 5.78 Å². The Morgan fingerprint density at radius 1 is 1.07 bits per heavy atom. The summed E-state index contributed by atoms with van der Waals surface area (Å²) in [7, 11) is 0. The van der Waals surface area contributed by atoms with Gasteiger partial charge in [-0.2, -0.15) is 0 Å². The predicted molar refractivity (Wildman–Crippen MR) is 115 cm³/mol. The van der Waals surface area contributed by atoms with E-state index in [1.165, 1.54) is 18.4 Å². The number of carbonyl (C=O) groups excluding carboxylic acids is 2. The molecule has 2 aromatic carbocycles. The van der Waals surface area contributed by atoms with Crippen molar-refractivity contribution in [1.29, 1.82) is 0 Å². The van der Waals surface area contributed by atoms with Gasteiger partial charge in [-0.15, -0.1) is 0 Å². The van der Waals surface area contributed by atoms with Crippen LogP contribution in [0.15, 0.2) is 36.4 Å². The minimum atomic E-state index is -0.480. The molecule has 2 unspecified atom stereocenters. The van der Waals surface area contributed by atoms with E-state index in [-0.39, 0.29) is 29.9 Å². The zero-order valence-corrected chi connectivity index (χ0v) is 17.6. The molecule has 30 heavy (non-hydrogen) atoms. The molecule has 156 valence electrons. The number of benzene rings is 2. The molecule has 1 fully saturated rings. The van der Waals surface area contributed by atoms with E-state index in [1.54, 1.807) is 30.3 Å². The van der Waals surface area contributed by atoms with E-state index in [9.17, 15) is 14.7 Å². The summed E-state index contributed by atoms with van der Waals surface area (Å²) in [6.45, 7) is 3.45. The Labute approximate surface area is 181 Å². The molecule has 2 aromatic rings. The molecule has 2 atom stereocenters. The maximum absolute atomic E-state index is 13.7. The van der Waals surface area contributed by atoms with E-state index < -0.39 is 5.92 Å². The Kier molecular flexibility index (Phi) is 5.03. The SMILES string of the molecule is O=C1CC(C(=O)N2CCc3ccc(O)cc3C2CN2CCCC2)c2cc(Cl)ccc21. The van der Waals surface area contributed by atoms with Crippen LogP contribution in [-0.4, -0.2) is 52.8 Å². The van der Waals surface area contributed by atoms with Crippen LogP contribution in [0.3, 0.4) is 0 Å². The second-order valence-electron chi connectivity index (χ2n) is 8.60. The van der Waals surface area contributed by atoms with Gasteiger partial charge in [-0.1, -0.05) is 17.7 Å². The number of carbonyl (C=O) groups is 2. The quantitative estimate of drug-likeness (QED) is 0.810. The van der Waals surface area contributed by atoms with Crippen molar-refractivity contribution < 1.29 is 14.7 Å². The molecule has 1 amide bonds. The number of Topliss-reactive ketones (excluding diaryl/α,β-unsaturated/α-hetero) is 1. The maximum atomic E-state index is 13.7. The van der Waals surface area contributed by atoms with Crippen molar-refractivity contribution in [2.45, 2.75) is 37.6 Å². The average molecular weight is 425 g/mol. The van der Waals surface area contributed by atoms with Crippen LogP contribution in [0.5, 0.6) is 5.75 Å². The molecule has 0 bridgehead atoms. The molecule has 2 heterocycles. The smallest absolute Gasteiger partial charge is 0.231 e. The number of ketones is 1. The number of phenolic OH excluding ortho intramolecular Hbond substituents is 1. The van der Waals surface area contributed by atoms with Crippen molar-refractivity contribution in [2.75, 3.05) is 26.2 Å². The Balaban J connectivity index is 1.50. The van der Waals surface area contributed by atoms with Crippen molar-refractivity contribution in [1.82, 2.24) is 9.80 Å². The first-order chi connectivity index (χ1) is 14.5. The third-order valence-corrected chi connectivity index (χ3v) is 7.01. The summed E-state index contributed by atoms with van der Waals surface area (Å²) in [5.74, 6) is -0.262. The summed E-state index contributed by atoms with van der Waals surface area (Å²) in [6.07, 6.45) is 3.31. The third kappa shape index (κ3) is 3.40. The third-order valence-electron chi connectivity index (χ3n) is 6.78. The van der Waals surface area contributed by atoms with Crippen molar-refractivity contribution in [3.05, 3.63) is 63.7 Å². The number of phenols is 1. The highest BCUT2D eigenvalue weighted by Gasteiger charge is 2.41. The number of likely N-dealkylation sites (tertiary alicyclic amines) is 1. The van der Waals surface area contributed by atoms with Gasteiger partial charge in [-0.25, -0.2) is 0 Å². The van der Waals surface area contributed by atoms with Gasteiger partial charge in [0, 0.05) is 30.1 Å². The number of halogens is 1. The molecule has 6 heteroatoms. The Morgan fingerprint density at radius 3 is 2.67 bits per heavy atom. The number of amides is 1. The van der Waals surface area contributed by atoms with Crippen molar-refractivity contribution in [3.63, 3.8) is 0 Å². The van der Waals surface area contributed by atoms with Crippen LogP contribution in [0.1, 0.15) is 58.3 Å². The molecule has 0 saturated carbocycles. The fourth-order valence-corrected chi connectivity index (χ4v) is 5.44. The zero-order chi connectivity index (χ0) is 20.8. The zero-order valence-electron chi connectivity index (χ0n) is 16.8. The summed E-state index contributed by atoms with van der Waals surface area (Å²) < 4.78 is 0. The first-order valence-electron chi connectivity index (χ1n) is 10.7. The number of hydrogen-bond acceptors (Lipinski definition) is 4. The first kappa shape index (κ1) is 19.6. The minimum absolute atomic E-state index is 0.00571. The van der Waals surface area contributed by atoms with Crippen LogP contribution in [0.4, 0.5) is 0 Å². The van der Waals surface area contributed by atoms with Gasteiger partial charge in [-0.05, 0) is 79.4 Å². The second-order valence-corrected chi connectivity index (χ2v) is 9.04. The van der Waals surface area contributed by atoms with Crippen molar-refractivity contribution in [2.24, 2.45) is 0 Å². The molecular formula is C24H25ClN2O3. The van der Waals surface area contributed by atoms with E-state index in [4.69, 9.17) is 11.6 Å². The summed E-state index contributed by atoms with van der Waals surface area (Å²) in [4.78, 5) is 30.6. The lowest BCUT2D eigenvalue weighted by atomic mass is 9.89. The minimum Gasteiger partial charge on any atom is -0.508 e. The molecule has 0 radical (unpaired) electrons. The van der Waals surface area contributed by atoms with Gasteiger partial charge in [0.05, 0.1) is 12.0 Å². The Bertz CT molecular complexity index is 1020. The van der Waals surface area contributed by atoms with Crippen molar-refractivity contribution >= 4 is 23.3 Å². The van der Waals surface area contributed by atoms with E-state index in [0.717, 1.165) is 37.2 Å². The topological polar surface area (TPSA) is 60.9 Å². The standard InChI is InChI=1S/C24H25ClN2O3/c25-16-4-6-18-20(11-16)21(13-23(18)29)24(30)27-10-7-15-3-5-17(28)12-19(15)22(27)14-26-8-1-2-9-26/h3-6,11-12,21-22,28H,1-2,7-10,13-14H2. The molecule has 5 nitrogen and oxygen atoms in total. The van der Waals surface area contributed by atoms with Gasteiger partial charge in [0.1, 0.15) is 5.75 Å². The van der Waals surface area contributed by atoms with Gasteiger partial charge < -0.3 is 14.9 Å². The van der Waals surface area contributed by atoms with E-state index in [2.05, 4.69) is 4.90 Å². The lowest BCUT2D eigenvalue weighted by Crippen LogP contribution is -2.46. The summed E-state index contributed by atoms with van der Waals surface area (Å²) in [5.41, 5.74) is 3.58. The molecule has 2 aliphatic heterocycles. The van der Waals surface area contributed by atoms with Crippen molar-refractivity contribution in [3.8, 4) is 5.75 Å². The lowest BCUT2D eigenvalue weighted by molar-refractivity contribution is -0.136. The fourth-order valence-electron chi connectivity index (χ4n) is 5.26. The number of rotatable bonds is 3. The largest absolute Gasteiger partial charge is 0.508 e. The summed E-state index contributed by atoms with van der Waals surface area (Å²) in [6, 6.07) is 10.6. The molecule has 3 aliphatic rings. The normalized spacial score (nSPS) is 23.5. The van der Waals surface area contributed by atoms with Gasteiger partial charge in [-0.3, -0.25) is 9.59 Å². The van der Waals surface area contributed by atoms with Crippen LogP contribution >= 0.6 is 11.6 Å². The number of fused-ring (bicyclic) bond motifs is 2. The van der Waals surface area contributed by atoms with Gasteiger partial charge in [0.2, 0.25) is 5.91 Å². The van der Waals surface area contributed by atoms with Crippen LogP contribution in [0, 0.1) is 0 Å². The molecule has 1 saturated heterocycles. The molecule has 0 aromatic heterocycles. The summed E-state index contributed by atoms with van der Waals surface area (Å²) in [5, 5.41) is 10.7. The maximum Gasteiger partial charge on any atom is 0.231 e. The molecule has 5 rings (SSSR count). The predicted octanol–water partition coefficient (Wildman–Crippen LogP) is 3.94.